The molecule has 0 radical (unpaired) electrons. The quantitative estimate of drug-likeness (QED) is 0.809. The van der Waals surface area contributed by atoms with Crippen LogP contribution in [0.15, 0.2) is 24.4 Å². The molecular formula is C18H25N3O. The van der Waals surface area contributed by atoms with E-state index in [1.165, 1.54) is 5.69 Å². The van der Waals surface area contributed by atoms with Gasteiger partial charge < -0.3 is 9.30 Å². The van der Waals surface area contributed by atoms with Gasteiger partial charge in [0.2, 0.25) is 5.91 Å². The van der Waals surface area contributed by atoms with Gasteiger partial charge in [0.25, 0.3) is 0 Å². The van der Waals surface area contributed by atoms with Crippen LogP contribution < -0.4 is 0 Å². The van der Waals surface area contributed by atoms with Crippen molar-refractivity contribution in [2.45, 2.75) is 46.5 Å². The van der Waals surface area contributed by atoms with Crippen molar-refractivity contribution in [1.29, 1.82) is 0 Å². The molecule has 22 heavy (non-hydrogen) atoms. The van der Waals surface area contributed by atoms with Gasteiger partial charge in [-0.15, -0.1) is 0 Å². The Morgan fingerprint density at radius 2 is 1.91 bits per heavy atom. The lowest BCUT2D eigenvalue weighted by Gasteiger charge is -2.36. The maximum absolute atomic E-state index is 12.4. The SMILES string of the molecule is Cc1cn2c(C3CCN(C(=O)C(C)(C)C)CC3)cccc2n1. The average molecular weight is 299 g/mol. The number of hydrogen-bond donors (Lipinski definition) is 0. The summed E-state index contributed by atoms with van der Waals surface area (Å²) < 4.78 is 2.21. The first-order valence-electron chi connectivity index (χ1n) is 8.10. The zero-order chi connectivity index (χ0) is 15.9. The van der Waals surface area contributed by atoms with E-state index in [2.05, 4.69) is 33.8 Å². The topological polar surface area (TPSA) is 37.6 Å². The Bertz CT molecular complexity index is 688. The van der Waals surface area contributed by atoms with Crippen LogP contribution in [-0.2, 0) is 4.79 Å². The molecule has 0 atom stereocenters. The van der Waals surface area contributed by atoms with Gasteiger partial charge in [0, 0.05) is 36.3 Å². The maximum atomic E-state index is 12.4. The van der Waals surface area contributed by atoms with Crippen molar-refractivity contribution in [3.8, 4) is 0 Å². The van der Waals surface area contributed by atoms with E-state index in [0.717, 1.165) is 37.3 Å². The third-order valence-electron chi connectivity index (χ3n) is 4.49. The summed E-state index contributed by atoms with van der Waals surface area (Å²) in [6.07, 6.45) is 4.16. The number of piperidine rings is 1. The Kier molecular flexibility index (Phi) is 3.71. The van der Waals surface area contributed by atoms with Crippen LogP contribution in [-0.4, -0.2) is 33.3 Å². The first kappa shape index (κ1) is 15.1. The van der Waals surface area contributed by atoms with E-state index >= 15 is 0 Å². The number of nitrogens with zero attached hydrogens (tertiary/aromatic N) is 3. The summed E-state index contributed by atoms with van der Waals surface area (Å²) in [5, 5.41) is 0. The zero-order valence-corrected chi connectivity index (χ0v) is 14.0. The van der Waals surface area contributed by atoms with Crippen molar-refractivity contribution in [3.63, 3.8) is 0 Å². The third-order valence-corrected chi connectivity index (χ3v) is 4.49. The van der Waals surface area contributed by atoms with E-state index < -0.39 is 0 Å². The summed E-state index contributed by atoms with van der Waals surface area (Å²) >= 11 is 0. The number of pyridine rings is 1. The van der Waals surface area contributed by atoms with E-state index in [0.29, 0.717) is 5.92 Å². The maximum Gasteiger partial charge on any atom is 0.227 e. The molecule has 0 bridgehead atoms. The molecule has 2 aromatic heterocycles. The monoisotopic (exact) mass is 299 g/mol. The molecule has 0 spiro atoms. The molecule has 0 N–H and O–H groups in total. The van der Waals surface area contributed by atoms with Crippen LogP contribution in [0.3, 0.4) is 0 Å². The molecule has 118 valence electrons. The van der Waals surface area contributed by atoms with Crippen LogP contribution in [0, 0.1) is 12.3 Å². The number of fused-ring (bicyclic) bond motifs is 1. The number of carbonyl (C=O) groups is 1. The van der Waals surface area contributed by atoms with E-state index in [1.54, 1.807) is 0 Å². The highest BCUT2D eigenvalue weighted by Gasteiger charge is 2.31. The van der Waals surface area contributed by atoms with E-state index in [1.807, 2.05) is 32.6 Å². The second kappa shape index (κ2) is 5.41. The molecule has 1 saturated heterocycles. The highest BCUT2D eigenvalue weighted by atomic mass is 16.2. The van der Waals surface area contributed by atoms with Crippen LogP contribution in [0.4, 0.5) is 0 Å². The molecule has 0 aromatic carbocycles. The molecule has 0 aliphatic carbocycles. The summed E-state index contributed by atoms with van der Waals surface area (Å²) in [6.45, 7) is 9.72. The van der Waals surface area contributed by atoms with Gasteiger partial charge in [0.05, 0.1) is 5.69 Å². The van der Waals surface area contributed by atoms with Gasteiger partial charge in [-0.05, 0) is 31.9 Å². The summed E-state index contributed by atoms with van der Waals surface area (Å²) in [5.74, 6) is 0.768. The largest absolute Gasteiger partial charge is 0.342 e. The number of hydrogen-bond acceptors (Lipinski definition) is 2. The normalized spacial score (nSPS) is 17.2. The summed E-state index contributed by atoms with van der Waals surface area (Å²) in [6, 6.07) is 6.33. The summed E-state index contributed by atoms with van der Waals surface area (Å²) in [5.41, 5.74) is 3.10. The van der Waals surface area contributed by atoms with Crippen LogP contribution in [0.25, 0.3) is 5.65 Å². The zero-order valence-electron chi connectivity index (χ0n) is 14.0. The van der Waals surface area contributed by atoms with Crippen molar-refractivity contribution in [3.05, 3.63) is 35.8 Å². The molecule has 4 nitrogen and oxygen atoms in total. The number of amides is 1. The fourth-order valence-electron chi connectivity index (χ4n) is 3.34. The highest BCUT2D eigenvalue weighted by Crippen LogP contribution is 2.30. The predicted octanol–water partition coefficient (Wildman–Crippen LogP) is 3.39. The second-order valence-electron chi connectivity index (χ2n) is 7.38. The molecular weight excluding hydrogens is 274 g/mol. The van der Waals surface area contributed by atoms with Gasteiger partial charge in [0.1, 0.15) is 5.65 Å². The smallest absolute Gasteiger partial charge is 0.227 e. The van der Waals surface area contributed by atoms with Crippen molar-refractivity contribution in [2.75, 3.05) is 13.1 Å². The molecule has 4 heteroatoms. The molecule has 2 aromatic rings. The molecule has 0 saturated carbocycles. The Balaban J connectivity index is 1.77. The molecule has 1 fully saturated rings. The molecule has 1 aliphatic heterocycles. The fourth-order valence-corrected chi connectivity index (χ4v) is 3.34. The van der Waals surface area contributed by atoms with Gasteiger partial charge in [0.15, 0.2) is 0 Å². The molecule has 1 amide bonds. The van der Waals surface area contributed by atoms with E-state index in [-0.39, 0.29) is 11.3 Å². The lowest BCUT2D eigenvalue weighted by molar-refractivity contribution is -0.140. The van der Waals surface area contributed by atoms with Crippen molar-refractivity contribution >= 4 is 11.6 Å². The Morgan fingerprint density at radius 3 is 2.55 bits per heavy atom. The van der Waals surface area contributed by atoms with Gasteiger partial charge in [-0.3, -0.25) is 4.79 Å². The summed E-state index contributed by atoms with van der Waals surface area (Å²) in [4.78, 5) is 19.0. The summed E-state index contributed by atoms with van der Waals surface area (Å²) in [7, 11) is 0. The predicted molar refractivity (Wildman–Crippen MR) is 87.9 cm³/mol. The standard InChI is InChI=1S/C18H25N3O/c1-13-12-21-15(6-5-7-16(21)19-13)14-8-10-20(11-9-14)17(22)18(2,3)4/h5-7,12,14H,8-11H2,1-4H3. The fraction of sp³-hybridized carbons (Fsp3) is 0.556. The molecule has 1 aliphatic rings. The van der Waals surface area contributed by atoms with Gasteiger partial charge in [-0.1, -0.05) is 26.8 Å². The molecule has 3 heterocycles. The number of imidazole rings is 1. The lowest BCUT2D eigenvalue weighted by atomic mass is 9.89. The van der Waals surface area contributed by atoms with Crippen LogP contribution >= 0.6 is 0 Å². The van der Waals surface area contributed by atoms with Gasteiger partial charge >= 0.3 is 0 Å². The van der Waals surface area contributed by atoms with E-state index in [9.17, 15) is 4.79 Å². The minimum absolute atomic E-state index is 0.266. The number of rotatable bonds is 1. The number of carbonyl (C=O) groups excluding carboxylic acids is 1. The first-order valence-corrected chi connectivity index (χ1v) is 8.10. The lowest BCUT2D eigenvalue weighted by Crippen LogP contribution is -2.43. The van der Waals surface area contributed by atoms with Crippen molar-refractivity contribution in [2.24, 2.45) is 5.41 Å². The Hall–Kier alpha value is -1.84. The Morgan fingerprint density at radius 1 is 1.23 bits per heavy atom. The second-order valence-corrected chi connectivity index (χ2v) is 7.38. The van der Waals surface area contributed by atoms with Crippen LogP contribution in [0.2, 0.25) is 0 Å². The third kappa shape index (κ3) is 2.74. The van der Waals surface area contributed by atoms with Crippen molar-refractivity contribution in [1.82, 2.24) is 14.3 Å². The number of aryl methyl sites for hydroxylation is 1. The minimum Gasteiger partial charge on any atom is -0.342 e. The van der Waals surface area contributed by atoms with Gasteiger partial charge in [-0.25, -0.2) is 4.98 Å². The number of aromatic nitrogens is 2. The average Bonchev–Trinajstić information content (AvgIpc) is 2.85. The molecule has 3 rings (SSSR count). The highest BCUT2D eigenvalue weighted by molar-refractivity contribution is 5.81. The Labute approximate surface area is 132 Å². The molecule has 0 unspecified atom stereocenters. The van der Waals surface area contributed by atoms with E-state index in [4.69, 9.17) is 0 Å². The minimum atomic E-state index is -0.283. The van der Waals surface area contributed by atoms with Crippen molar-refractivity contribution < 1.29 is 4.79 Å². The van der Waals surface area contributed by atoms with Gasteiger partial charge in [-0.2, -0.15) is 0 Å². The van der Waals surface area contributed by atoms with Crippen LogP contribution in [0.5, 0.6) is 0 Å². The van der Waals surface area contributed by atoms with Crippen LogP contribution in [0.1, 0.15) is 50.9 Å². The first-order chi connectivity index (χ1) is 10.4. The number of likely N-dealkylation sites (tertiary alicyclic amines) is 1.